The van der Waals surface area contributed by atoms with Crippen LogP contribution in [0.25, 0.3) is 0 Å². The second-order valence-electron chi connectivity index (χ2n) is 9.40. The number of aryl methyl sites for hydroxylation is 1. The van der Waals surface area contributed by atoms with Crippen molar-refractivity contribution in [3.05, 3.63) is 114 Å². The highest BCUT2D eigenvalue weighted by Gasteiger charge is 2.38. The molecule has 3 aromatic carbocycles. The first kappa shape index (κ1) is 26.2. The van der Waals surface area contributed by atoms with Gasteiger partial charge in [-0.1, -0.05) is 73.3 Å². The van der Waals surface area contributed by atoms with Gasteiger partial charge in [0.2, 0.25) is 0 Å². The monoisotopic (exact) mass is 529 g/mol. The summed E-state index contributed by atoms with van der Waals surface area (Å²) in [7, 11) is 1.98. The van der Waals surface area contributed by atoms with Crippen LogP contribution in [0, 0.1) is 5.92 Å². The van der Waals surface area contributed by atoms with Crippen molar-refractivity contribution in [2.45, 2.75) is 37.2 Å². The first-order valence-electron chi connectivity index (χ1n) is 12.6. The molecule has 4 aromatic rings. The molecular formula is C30H31N3O4S. The van der Waals surface area contributed by atoms with Crippen molar-refractivity contribution in [2.75, 3.05) is 11.1 Å². The Balaban J connectivity index is 1.39. The van der Waals surface area contributed by atoms with Gasteiger partial charge in [0.25, 0.3) is 5.91 Å². The summed E-state index contributed by atoms with van der Waals surface area (Å²) in [6.07, 6.45) is 2.78. The van der Waals surface area contributed by atoms with Crippen molar-refractivity contribution in [2.24, 2.45) is 13.0 Å². The van der Waals surface area contributed by atoms with Crippen LogP contribution in [-0.4, -0.2) is 32.4 Å². The number of hydrogen-bond donors (Lipinski definition) is 2. The Morgan fingerprint density at radius 1 is 1.03 bits per heavy atom. The third-order valence-corrected chi connectivity index (χ3v) is 7.88. The lowest BCUT2D eigenvalue weighted by Crippen LogP contribution is -2.38. The van der Waals surface area contributed by atoms with Crippen LogP contribution in [0.5, 0.6) is 0 Å². The van der Waals surface area contributed by atoms with E-state index in [2.05, 4.69) is 17.2 Å². The fourth-order valence-electron chi connectivity index (χ4n) is 4.51. The number of anilines is 1. The number of aliphatic hydroxyl groups is 1. The molecule has 1 amide bonds. The van der Waals surface area contributed by atoms with Crippen molar-refractivity contribution in [3.63, 3.8) is 0 Å². The number of ether oxygens (including phenoxy) is 2. The number of thioether (sulfide) groups is 1. The SMILES string of the molecule is C[C@@H]1[C@H](CSc2nccn2C)O[C@H](c2cccc(NC(=O)c3ccccc3)c2)O[C@@H]1c1ccc(CO)cc1. The van der Waals surface area contributed by atoms with Crippen molar-refractivity contribution >= 4 is 23.4 Å². The number of hydrogen-bond acceptors (Lipinski definition) is 6. The predicted molar refractivity (Wildman–Crippen MR) is 148 cm³/mol. The zero-order valence-electron chi connectivity index (χ0n) is 21.4. The van der Waals surface area contributed by atoms with E-state index in [-0.39, 0.29) is 30.6 Å². The summed E-state index contributed by atoms with van der Waals surface area (Å²) in [5.41, 5.74) is 3.98. The molecule has 196 valence electrons. The number of nitrogens with one attached hydrogen (secondary N) is 1. The van der Waals surface area contributed by atoms with Gasteiger partial charge in [0, 0.05) is 47.9 Å². The van der Waals surface area contributed by atoms with Crippen molar-refractivity contribution in [3.8, 4) is 0 Å². The van der Waals surface area contributed by atoms with E-state index in [1.807, 2.05) is 84.5 Å². The van der Waals surface area contributed by atoms with E-state index in [9.17, 15) is 9.90 Å². The molecule has 0 saturated carbocycles. The van der Waals surface area contributed by atoms with Crippen molar-refractivity contribution in [1.29, 1.82) is 0 Å². The lowest BCUT2D eigenvalue weighted by Gasteiger charge is -2.41. The molecule has 1 fully saturated rings. The average Bonchev–Trinajstić information content (AvgIpc) is 3.37. The molecule has 0 aliphatic carbocycles. The van der Waals surface area contributed by atoms with Crippen LogP contribution in [0.2, 0.25) is 0 Å². The van der Waals surface area contributed by atoms with Gasteiger partial charge >= 0.3 is 0 Å². The molecule has 2 heterocycles. The van der Waals surface area contributed by atoms with Crippen LogP contribution in [0.3, 0.4) is 0 Å². The number of aromatic nitrogens is 2. The molecule has 0 unspecified atom stereocenters. The third-order valence-electron chi connectivity index (χ3n) is 6.73. The van der Waals surface area contributed by atoms with E-state index in [0.29, 0.717) is 17.0 Å². The maximum absolute atomic E-state index is 12.7. The minimum atomic E-state index is -0.616. The van der Waals surface area contributed by atoms with E-state index in [0.717, 1.165) is 21.8 Å². The highest BCUT2D eigenvalue weighted by atomic mass is 32.2. The van der Waals surface area contributed by atoms with Gasteiger partial charge in [0.1, 0.15) is 0 Å². The molecule has 0 radical (unpaired) electrons. The van der Waals surface area contributed by atoms with E-state index in [4.69, 9.17) is 9.47 Å². The molecule has 7 nitrogen and oxygen atoms in total. The maximum atomic E-state index is 12.7. The van der Waals surface area contributed by atoms with Crippen LogP contribution in [-0.2, 0) is 23.1 Å². The zero-order chi connectivity index (χ0) is 26.5. The Bertz CT molecular complexity index is 1360. The predicted octanol–water partition coefficient (Wildman–Crippen LogP) is 5.75. The first-order valence-corrected chi connectivity index (χ1v) is 13.6. The summed E-state index contributed by atoms with van der Waals surface area (Å²) in [6, 6.07) is 24.6. The van der Waals surface area contributed by atoms with E-state index in [1.54, 1.807) is 30.1 Å². The van der Waals surface area contributed by atoms with Gasteiger partial charge in [0.05, 0.1) is 18.8 Å². The first-order chi connectivity index (χ1) is 18.5. The molecular weight excluding hydrogens is 498 g/mol. The van der Waals surface area contributed by atoms with Crippen molar-refractivity contribution < 1.29 is 19.4 Å². The highest BCUT2D eigenvalue weighted by Crippen LogP contribution is 2.43. The zero-order valence-corrected chi connectivity index (χ0v) is 22.2. The number of aliphatic hydroxyl groups excluding tert-OH is 1. The second kappa shape index (κ2) is 12.0. The van der Waals surface area contributed by atoms with Crippen LogP contribution in [0.4, 0.5) is 5.69 Å². The van der Waals surface area contributed by atoms with Crippen LogP contribution < -0.4 is 5.32 Å². The molecule has 38 heavy (non-hydrogen) atoms. The van der Waals surface area contributed by atoms with Crippen molar-refractivity contribution in [1.82, 2.24) is 9.55 Å². The molecule has 4 atom stereocenters. The van der Waals surface area contributed by atoms with Gasteiger partial charge in [-0.25, -0.2) is 4.98 Å². The molecule has 1 aliphatic rings. The quantitative estimate of drug-likeness (QED) is 0.283. The van der Waals surface area contributed by atoms with Gasteiger partial charge < -0.3 is 24.5 Å². The summed E-state index contributed by atoms with van der Waals surface area (Å²) in [5, 5.41) is 13.4. The molecule has 5 rings (SSSR count). The van der Waals surface area contributed by atoms with E-state index in [1.165, 1.54) is 0 Å². The van der Waals surface area contributed by atoms with E-state index < -0.39 is 6.29 Å². The number of nitrogens with zero attached hydrogens (tertiary/aromatic N) is 2. The summed E-state index contributed by atoms with van der Waals surface area (Å²) >= 11 is 1.65. The summed E-state index contributed by atoms with van der Waals surface area (Å²) < 4.78 is 15.1. The second-order valence-corrected chi connectivity index (χ2v) is 10.4. The Morgan fingerprint density at radius 2 is 1.82 bits per heavy atom. The molecule has 0 bridgehead atoms. The lowest BCUT2D eigenvalue weighted by atomic mass is 9.91. The number of amides is 1. The lowest BCUT2D eigenvalue weighted by molar-refractivity contribution is -0.268. The molecule has 0 spiro atoms. The Kier molecular flexibility index (Phi) is 8.24. The molecule has 2 N–H and O–H groups in total. The third kappa shape index (κ3) is 6.00. The maximum Gasteiger partial charge on any atom is 0.255 e. The average molecular weight is 530 g/mol. The summed E-state index contributed by atoms with van der Waals surface area (Å²) in [5.74, 6) is 0.606. The van der Waals surface area contributed by atoms with Gasteiger partial charge in [-0.2, -0.15) is 0 Å². The summed E-state index contributed by atoms with van der Waals surface area (Å²) in [4.78, 5) is 17.1. The Hall–Kier alpha value is -3.43. The van der Waals surface area contributed by atoms with Gasteiger partial charge in [-0.15, -0.1) is 0 Å². The molecule has 1 aromatic heterocycles. The highest BCUT2D eigenvalue weighted by molar-refractivity contribution is 7.99. The standard InChI is InChI=1S/C30H31N3O4S/c1-20-26(19-38-30-31-15-16-33(30)2)36-29(37-27(20)22-13-11-21(18-34)12-14-22)24-9-6-10-25(17-24)32-28(35)23-7-4-3-5-8-23/h3-17,20,26-27,29,34H,18-19H2,1-2H3,(H,32,35)/t20-,26+,27+,29+/m1/s1. The van der Waals surface area contributed by atoms with E-state index >= 15 is 0 Å². The molecule has 1 saturated heterocycles. The van der Waals surface area contributed by atoms with Crippen LogP contribution in [0.15, 0.2) is 96.4 Å². The molecule has 8 heteroatoms. The number of carbonyl (C=O) groups is 1. The minimum absolute atomic E-state index is 0.00246. The number of benzene rings is 3. The minimum Gasteiger partial charge on any atom is -0.392 e. The number of carbonyl (C=O) groups excluding carboxylic acids is 1. The molecule has 1 aliphatic heterocycles. The fourth-order valence-corrected chi connectivity index (χ4v) is 5.61. The Labute approximate surface area is 226 Å². The normalized spacial score (nSPS) is 21.2. The van der Waals surface area contributed by atoms with Gasteiger partial charge in [0.15, 0.2) is 11.4 Å². The number of imidazole rings is 1. The fraction of sp³-hybridized carbons (Fsp3) is 0.267. The Morgan fingerprint density at radius 3 is 2.53 bits per heavy atom. The summed E-state index contributed by atoms with van der Waals surface area (Å²) in [6.45, 7) is 2.14. The van der Waals surface area contributed by atoms with Crippen LogP contribution in [0.1, 0.15) is 46.4 Å². The van der Waals surface area contributed by atoms with Crippen LogP contribution >= 0.6 is 11.8 Å². The topological polar surface area (TPSA) is 85.6 Å². The largest absolute Gasteiger partial charge is 0.392 e. The smallest absolute Gasteiger partial charge is 0.255 e. The number of rotatable bonds is 8. The van der Waals surface area contributed by atoms with Gasteiger partial charge in [-0.05, 0) is 35.4 Å². The van der Waals surface area contributed by atoms with Gasteiger partial charge in [-0.3, -0.25) is 4.79 Å².